The van der Waals surface area contributed by atoms with E-state index < -0.39 is 11.8 Å². The van der Waals surface area contributed by atoms with Crippen molar-refractivity contribution in [2.45, 2.75) is 6.42 Å². The molecule has 0 unspecified atom stereocenters. The first-order chi connectivity index (χ1) is 6.54. The number of aromatic nitrogens is 1. The molecule has 1 aromatic rings. The van der Waals surface area contributed by atoms with Gasteiger partial charge in [-0.05, 0) is 22.0 Å². The van der Waals surface area contributed by atoms with Gasteiger partial charge >= 0.3 is 5.97 Å². The molecular formula is C8H8BrFN2O2. The van der Waals surface area contributed by atoms with Crippen LogP contribution >= 0.6 is 15.9 Å². The topological polar surface area (TPSA) is 65.2 Å². The second kappa shape index (κ2) is 4.36. The third-order valence-electron chi connectivity index (χ3n) is 1.57. The lowest BCUT2D eigenvalue weighted by molar-refractivity contribution is -0.139. The zero-order chi connectivity index (χ0) is 10.7. The molecule has 0 amide bonds. The Morgan fingerprint density at radius 3 is 3.00 bits per heavy atom. The molecule has 1 rings (SSSR count). The minimum Gasteiger partial charge on any atom is -0.469 e. The van der Waals surface area contributed by atoms with Crippen LogP contribution in [0.1, 0.15) is 5.69 Å². The molecule has 1 heterocycles. The first-order valence-electron chi connectivity index (χ1n) is 3.71. The summed E-state index contributed by atoms with van der Waals surface area (Å²) in [6.07, 6.45) is -0.222. The van der Waals surface area contributed by atoms with Crippen LogP contribution in [0.3, 0.4) is 0 Å². The predicted octanol–water partition coefficient (Wildman–Crippen LogP) is 1.28. The molecule has 0 atom stereocenters. The third-order valence-corrected chi connectivity index (χ3v) is 2.20. The minimum absolute atomic E-state index is 0.0162. The van der Waals surface area contributed by atoms with Crippen LogP contribution in [0.2, 0.25) is 0 Å². The van der Waals surface area contributed by atoms with E-state index in [4.69, 9.17) is 5.73 Å². The van der Waals surface area contributed by atoms with Crippen molar-refractivity contribution in [1.29, 1.82) is 0 Å². The Labute approximate surface area is 88.4 Å². The Morgan fingerprint density at radius 2 is 2.43 bits per heavy atom. The van der Waals surface area contributed by atoms with Crippen molar-refractivity contribution in [3.63, 3.8) is 0 Å². The van der Waals surface area contributed by atoms with Gasteiger partial charge in [0.25, 0.3) is 0 Å². The summed E-state index contributed by atoms with van der Waals surface area (Å²) in [6, 6.07) is 1.17. The highest BCUT2D eigenvalue weighted by Gasteiger charge is 2.12. The fourth-order valence-electron chi connectivity index (χ4n) is 0.854. The molecule has 0 spiro atoms. The normalized spacial score (nSPS) is 9.93. The largest absolute Gasteiger partial charge is 0.469 e. The van der Waals surface area contributed by atoms with E-state index in [1.54, 1.807) is 0 Å². The fourth-order valence-corrected chi connectivity index (χ4v) is 1.14. The van der Waals surface area contributed by atoms with Gasteiger partial charge in [-0.1, -0.05) is 0 Å². The number of anilines is 1. The van der Waals surface area contributed by atoms with Crippen LogP contribution in [0.15, 0.2) is 10.5 Å². The summed E-state index contributed by atoms with van der Waals surface area (Å²) in [6.45, 7) is 0. The van der Waals surface area contributed by atoms with Crippen LogP contribution in [-0.2, 0) is 16.0 Å². The highest BCUT2D eigenvalue weighted by Crippen LogP contribution is 2.20. The van der Waals surface area contributed by atoms with Crippen LogP contribution in [0.25, 0.3) is 0 Å². The average molecular weight is 263 g/mol. The Hall–Kier alpha value is -1.17. The maximum Gasteiger partial charge on any atom is 0.311 e. The number of methoxy groups -OCH3 is 1. The first-order valence-corrected chi connectivity index (χ1v) is 4.51. The van der Waals surface area contributed by atoms with E-state index in [-0.39, 0.29) is 17.9 Å². The molecule has 0 aliphatic heterocycles. The van der Waals surface area contributed by atoms with Crippen LogP contribution in [0.5, 0.6) is 0 Å². The molecule has 2 N–H and O–H groups in total. The van der Waals surface area contributed by atoms with Gasteiger partial charge in [0.1, 0.15) is 11.6 Å². The Morgan fingerprint density at radius 1 is 1.79 bits per heavy atom. The average Bonchev–Trinajstić information content (AvgIpc) is 2.14. The molecule has 0 saturated carbocycles. The zero-order valence-electron chi connectivity index (χ0n) is 7.38. The van der Waals surface area contributed by atoms with Crippen molar-refractivity contribution in [2.75, 3.05) is 12.8 Å². The quantitative estimate of drug-likeness (QED) is 0.816. The highest BCUT2D eigenvalue weighted by molar-refractivity contribution is 9.10. The van der Waals surface area contributed by atoms with Crippen molar-refractivity contribution < 1.29 is 13.9 Å². The lowest BCUT2D eigenvalue weighted by atomic mass is 10.2. The predicted molar refractivity (Wildman–Crippen MR) is 52.0 cm³/mol. The van der Waals surface area contributed by atoms with Crippen molar-refractivity contribution in [3.8, 4) is 0 Å². The van der Waals surface area contributed by atoms with E-state index in [1.165, 1.54) is 13.2 Å². The van der Waals surface area contributed by atoms with E-state index in [0.29, 0.717) is 4.47 Å². The number of rotatable bonds is 2. The number of pyridine rings is 1. The maximum absolute atomic E-state index is 13.2. The number of hydrogen-bond acceptors (Lipinski definition) is 4. The standard InChI is InChI=1S/C8H8BrFN2O2/c1-14-7(13)3-6-5(10)2-4(9)8(11)12-6/h2H,3H2,1H3,(H2,11,12). The Kier molecular flexibility index (Phi) is 3.40. The second-order valence-corrected chi connectivity index (χ2v) is 3.39. The third kappa shape index (κ3) is 2.41. The van der Waals surface area contributed by atoms with Gasteiger partial charge in [0.05, 0.1) is 23.7 Å². The van der Waals surface area contributed by atoms with E-state index in [9.17, 15) is 9.18 Å². The summed E-state index contributed by atoms with van der Waals surface area (Å²) in [5.74, 6) is -1.00. The molecule has 0 saturated heterocycles. The lowest BCUT2D eigenvalue weighted by Gasteiger charge is -2.03. The van der Waals surface area contributed by atoms with Crippen molar-refractivity contribution in [2.24, 2.45) is 0 Å². The molecule has 0 aliphatic rings. The van der Waals surface area contributed by atoms with Crippen LogP contribution < -0.4 is 5.73 Å². The number of hydrogen-bond donors (Lipinski definition) is 1. The number of carbonyl (C=O) groups is 1. The smallest absolute Gasteiger partial charge is 0.311 e. The van der Waals surface area contributed by atoms with Crippen LogP contribution in [-0.4, -0.2) is 18.1 Å². The van der Waals surface area contributed by atoms with Gasteiger partial charge in [-0.2, -0.15) is 0 Å². The molecule has 0 bridgehead atoms. The maximum atomic E-state index is 13.2. The Balaban J connectivity index is 2.98. The minimum atomic E-state index is -0.587. The number of nitrogens with zero attached hydrogens (tertiary/aromatic N) is 1. The van der Waals surface area contributed by atoms with Crippen molar-refractivity contribution >= 4 is 27.7 Å². The Bertz CT molecular complexity index is 371. The van der Waals surface area contributed by atoms with E-state index >= 15 is 0 Å². The summed E-state index contributed by atoms with van der Waals surface area (Å²) < 4.78 is 17.9. The van der Waals surface area contributed by atoms with E-state index in [0.717, 1.165) is 0 Å². The van der Waals surface area contributed by atoms with Gasteiger partial charge in [0.15, 0.2) is 0 Å². The van der Waals surface area contributed by atoms with E-state index in [2.05, 4.69) is 25.7 Å². The van der Waals surface area contributed by atoms with Crippen molar-refractivity contribution in [1.82, 2.24) is 4.98 Å². The molecule has 1 aromatic heterocycles. The molecule has 14 heavy (non-hydrogen) atoms. The second-order valence-electron chi connectivity index (χ2n) is 2.54. The molecule has 0 fully saturated rings. The van der Waals surface area contributed by atoms with E-state index in [1.807, 2.05) is 0 Å². The number of nitrogens with two attached hydrogens (primary N) is 1. The first kappa shape index (κ1) is 10.9. The summed E-state index contributed by atoms with van der Waals surface area (Å²) in [5.41, 5.74) is 5.41. The summed E-state index contributed by atoms with van der Waals surface area (Å²) in [4.78, 5) is 14.6. The highest BCUT2D eigenvalue weighted by atomic mass is 79.9. The number of ether oxygens (including phenoxy) is 1. The molecule has 6 heteroatoms. The SMILES string of the molecule is COC(=O)Cc1nc(N)c(Br)cc1F. The van der Waals surface area contributed by atoms with Crippen molar-refractivity contribution in [3.05, 3.63) is 22.1 Å². The van der Waals surface area contributed by atoms with Gasteiger partial charge < -0.3 is 10.5 Å². The molecule has 0 aliphatic carbocycles. The van der Waals surface area contributed by atoms with Crippen LogP contribution in [0, 0.1) is 5.82 Å². The lowest BCUT2D eigenvalue weighted by Crippen LogP contribution is -2.09. The van der Waals surface area contributed by atoms with Gasteiger partial charge in [-0.25, -0.2) is 9.37 Å². The number of halogens is 2. The molecular weight excluding hydrogens is 255 g/mol. The fraction of sp³-hybridized carbons (Fsp3) is 0.250. The summed E-state index contributed by atoms with van der Waals surface area (Å²) in [5, 5.41) is 0. The van der Waals surface area contributed by atoms with Gasteiger partial charge in [0, 0.05) is 0 Å². The summed E-state index contributed by atoms with van der Waals surface area (Å²) >= 11 is 3.02. The number of carbonyl (C=O) groups excluding carboxylic acids is 1. The zero-order valence-corrected chi connectivity index (χ0v) is 8.97. The monoisotopic (exact) mass is 262 g/mol. The van der Waals surface area contributed by atoms with Gasteiger partial charge in [-0.15, -0.1) is 0 Å². The molecule has 76 valence electrons. The molecule has 4 nitrogen and oxygen atoms in total. The van der Waals surface area contributed by atoms with Gasteiger partial charge in [-0.3, -0.25) is 4.79 Å². The van der Waals surface area contributed by atoms with Crippen LogP contribution in [0.4, 0.5) is 10.2 Å². The van der Waals surface area contributed by atoms with Gasteiger partial charge in [0.2, 0.25) is 0 Å². The number of esters is 1. The molecule has 0 aromatic carbocycles. The number of nitrogen functional groups attached to an aromatic ring is 1. The summed E-state index contributed by atoms with van der Waals surface area (Å²) in [7, 11) is 1.22. The molecule has 0 radical (unpaired) electrons.